The largest absolute Gasteiger partial charge is 0.493 e. The van der Waals surface area contributed by atoms with Crippen molar-refractivity contribution in [3.63, 3.8) is 0 Å². The molecule has 3 atom stereocenters. The highest BCUT2D eigenvalue weighted by Gasteiger charge is 2.46. The molecule has 1 aliphatic heterocycles. The van der Waals surface area contributed by atoms with Gasteiger partial charge in [-0.2, -0.15) is 0 Å². The Morgan fingerprint density at radius 2 is 1.47 bits per heavy atom. The summed E-state index contributed by atoms with van der Waals surface area (Å²) in [7, 11) is 9.06. The second-order valence-electron chi connectivity index (χ2n) is 9.16. The number of methoxy groups -OCH3 is 6. The van der Waals surface area contributed by atoms with E-state index >= 15 is 0 Å². The number of ether oxygens (including phenoxy) is 6. The van der Waals surface area contributed by atoms with E-state index in [1.54, 1.807) is 33.3 Å². The lowest BCUT2D eigenvalue weighted by Crippen LogP contribution is -2.38. The van der Waals surface area contributed by atoms with E-state index in [0.29, 0.717) is 57.7 Å². The Bertz CT molecular complexity index is 1310. The van der Waals surface area contributed by atoms with E-state index in [9.17, 15) is 9.59 Å². The molecule has 1 unspecified atom stereocenters. The van der Waals surface area contributed by atoms with Crippen LogP contribution in [0.3, 0.4) is 0 Å². The van der Waals surface area contributed by atoms with Gasteiger partial charge in [0, 0.05) is 34.9 Å². The predicted molar refractivity (Wildman–Crippen MR) is 141 cm³/mol. The van der Waals surface area contributed by atoms with Gasteiger partial charge < -0.3 is 28.4 Å². The predicted octanol–water partition coefficient (Wildman–Crippen LogP) is 4.48. The Morgan fingerprint density at radius 3 is 2.08 bits per heavy atom. The van der Waals surface area contributed by atoms with E-state index in [-0.39, 0.29) is 18.1 Å². The number of nitrogens with zero attached hydrogens (tertiary/aromatic N) is 1. The van der Waals surface area contributed by atoms with Gasteiger partial charge in [0.15, 0.2) is 28.8 Å². The molecule has 0 aromatic heterocycles. The Hall–Kier alpha value is -4.01. The summed E-state index contributed by atoms with van der Waals surface area (Å²) >= 11 is 0. The van der Waals surface area contributed by atoms with Gasteiger partial charge in [0.05, 0.1) is 42.7 Å². The first kappa shape index (κ1) is 27.0. The third kappa shape index (κ3) is 4.57. The second kappa shape index (κ2) is 11.2. The minimum absolute atomic E-state index is 0.0852. The number of allylic oxidation sites excluding steroid dienone is 2. The van der Waals surface area contributed by atoms with E-state index < -0.39 is 17.8 Å². The molecule has 1 heterocycles. The molecule has 2 aromatic rings. The fraction of sp³-hybridized carbons (Fsp3) is 0.414. The quantitative estimate of drug-likeness (QED) is 0.467. The molecule has 9 nitrogen and oxygen atoms in total. The molecule has 0 bridgehead atoms. The summed E-state index contributed by atoms with van der Waals surface area (Å²) < 4.78 is 32.8. The molecule has 0 saturated carbocycles. The molecule has 0 radical (unpaired) electrons. The van der Waals surface area contributed by atoms with Gasteiger partial charge in [0.1, 0.15) is 5.92 Å². The van der Waals surface area contributed by atoms with Crippen molar-refractivity contribution in [3.8, 4) is 28.7 Å². The number of ketones is 1. The maximum absolute atomic E-state index is 13.9. The number of hydrogen-bond acceptors (Lipinski definition) is 9. The summed E-state index contributed by atoms with van der Waals surface area (Å²) in [6.07, 6.45) is 0.775. The van der Waals surface area contributed by atoms with Gasteiger partial charge in [-0.15, -0.1) is 0 Å². The Balaban J connectivity index is 1.87. The highest BCUT2D eigenvalue weighted by Crippen LogP contribution is 2.52. The molecule has 9 heteroatoms. The van der Waals surface area contributed by atoms with Gasteiger partial charge in [0.25, 0.3) is 0 Å². The van der Waals surface area contributed by atoms with Crippen LogP contribution in [0.1, 0.15) is 42.7 Å². The number of esters is 1. The molecule has 38 heavy (non-hydrogen) atoms. The van der Waals surface area contributed by atoms with Crippen LogP contribution in [-0.4, -0.2) is 60.1 Å². The summed E-state index contributed by atoms with van der Waals surface area (Å²) in [5.74, 6) is 0.322. The van der Waals surface area contributed by atoms with Crippen molar-refractivity contribution in [2.45, 2.75) is 31.6 Å². The molecular formula is C29H33NO8. The van der Waals surface area contributed by atoms with Crippen molar-refractivity contribution in [3.05, 3.63) is 52.7 Å². The van der Waals surface area contributed by atoms with Gasteiger partial charge in [0.2, 0.25) is 5.75 Å². The summed E-state index contributed by atoms with van der Waals surface area (Å²) in [5.41, 5.74) is 3.29. The summed E-state index contributed by atoms with van der Waals surface area (Å²) in [4.78, 5) is 31.7. The lowest BCUT2D eigenvalue weighted by atomic mass is 9.69. The maximum Gasteiger partial charge on any atom is 0.315 e. The number of rotatable bonds is 8. The third-order valence-electron chi connectivity index (χ3n) is 7.29. The fourth-order valence-corrected chi connectivity index (χ4v) is 5.54. The van der Waals surface area contributed by atoms with Crippen molar-refractivity contribution in [1.29, 1.82) is 0 Å². The van der Waals surface area contributed by atoms with E-state index in [0.717, 1.165) is 5.56 Å². The van der Waals surface area contributed by atoms with Crippen molar-refractivity contribution in [2.75, 3.05) is 42.7 Å². The molecule has 202 valence electrons. The average Bonchev–Trinajstić information content (AvgIpc) is 2.94. The van der Waals surface area contributed by atoms with Crippen LogP contribution in [0, 0.1) is 5.92 Å². The van der Waals surface area contributed by atoms with Crippen molar-refractivity contribution in [1.82, 2.24) is 0 Å². The standard InChI is InChI=1S/C29H33NO8/c1-15-24(29(32)38-7)25(18-9-11-22(34-3)28(37-6)27(18)36-5)26-19(30-15)12-17(13-20(26)31)16-8-10-21(33-2)23(14-16)35-4/h8-11,14,17,24-25H,12-13H2,1-7H3/t17-,24?,25-/m1/s1. The lowest BCUT2D eigenvalue weighted by molar-refractivity contribution is -0.143. The zero-order valence-electron chi connectivity index (χ0n) is 22.7. The van der Waals surface area contributed by atoms with Gasteiger partial charge in [-0.25, -0.2) is 0 Å². The molecule has 0 saturated heterocycles. The molecule has 2 aliphatic rings. The minimum atomic E-state index is -0.799. The average molecular weight is 524 g/mol. The zero-order valence-corrected chi connectivity index (χ0v) is 22.7. The van der Waals surface area contributed by atoms with Crippen molar-refractivity contribution in [2.24, 2.45) is 10.9 Å². The van der Waals surface area contributed by atoms with Crippen LogP contribution in [0.5, 0.6) is 28.7 Å². The van der Waals surface area contributed by atoms with Crippen LogP contribution in [0.15, 0.2) is 46.6 Å². The van der Waals surface area contributed by atoms with Crippen molar-refractivity contribution < 1.29 is 38.0 Å². The van der Waals surface area contributed by atoms with Gasteiger partial charge in [-0.05, 0) is 43.0 Å². The summed E-state index contributed by atoms with van der Waals surface area (Å²) in [6.45, 7) is 1.79. The van der Waals surface area contributed by atoms with E-state index in [4.69, 9.17) is 33.4 Å². The van der Waals surface area contributed by atoms with Crippen LogP contribution >= 0.6 is 0 Å². The first-order chi connectivity index (χ1) is 18.3. The van der Waals surface area contributed by atoms with Crippen LogP contribution in [0.25, 0.3) is 0 Å². The van der Waals surface area contributed by atoms with Crippen LogP contribution in [-0.2, 0) is 14.3 Å². The minimum Gasteiger partial charge on any atom is -0.493 e. The Morgan fingerprint density at radius 1 is 0.816 bits per heavy atom. The normalized spacial score (nSPS) is 20.8. The monoisotopic (exact) mass is 523 g/mol. The summed E-state index contributed by atoms with van der Waals surface area (Å²) in [5, 5.41) is 0. The lowest BCUT2D eigenvalue weighted by Gasteiger charge is -2.37. The first-order valence-corrected chi connectivity index (χ1v) is 12.2. The van der Waals surface area contributed by atoms with Crippen LogP contribution in [0.4, 0.5) is 0 Å². The van der Waals surface area contributed by atoms with Crippen LogP contribution < -0.4 is 23.7 Å². The zero-order chi connectivity index (χ0) is 27.6. The molecule has 0 N–H and O–H groups in total. The van der Waals surface area contributed by atoms with E-state index in [2.05, 4.69) is 0 Å². The third-order valence-corrected chi connectivity index (χ3v) is 7.29. The molecule has 0 amide bonds. The highest BCUT2D eigenvalue weighted by atomic mass is 16.5. The SMILES string of the molecule is COC(=O)C1C(C)=NC2=C(C(=O)C[C@H](c3ccc(OC)c(OC)c3)C2)[C@@H]1c1ccc(OC)c(OC)c1OC. The number of aliphatic imine (C=N–C) groups is 1. The highest BCUT2D eigenvalue weighted by molar-refractivity contribution is 6.09. The molecule has 1 aliphatic carbocycles. The number of Topliss-reactive ketones (excluding diaryl/α,β-unsaturated/α-hetero) is 1. The Labute approximate surface area is 222 Å². The maximum atomic E-state index is 13.9. The summed E-state index contributed by atoms with van der Waals surface area (Å²) in [6, 6.07) is 9.22. The van der Waals surface area contributed by atoms with Crippen LogP contribution in [0.2, 0.25) is 0 Å². The number of benzene rings is 2. The molecule has 4 rings (SSSR count). The first-order valence-electron chi connectivity index (χ1n) is 12.2. The van der Waals surface area contributed by atoms with E-state index in [1.807, 2.05) is 18.2 Å². The Kier molecular flexibility index (Phi) is 7.94. The number of hydrogen-bond donors (Lipinski definition) is 0. The van der Waals surface area contributed by atoms with Gasteiger partial charge in [-0.3, -0.25) is 14.6 Å². The topological polar surface area (TPSA) is 102 Å². The number of carbonyl (C=O) groups is 2. The van der Waals surface area contributed by atoms with Gasteiger partial charge in [-0.1, -0.05) is 12.1 Å². The molecular weight excluding hydrogens is 490 g/mol. The van der Waals surface area contributed by atoms with E-state index in [1.165, 1.54) is 28.4 Å². The molecule has 2 aromatic carbocycles. The molecule has 0 spiro atoms. The fourth-order valence-electron chi connectivity index (χ4n) is 5.54. The van der Waals surface area contributed by atoms with Gasteiger partial charge >= 0.3 is 5.97 Å². The molecule has 0 fully saturated rings. The smallest absolute Gasteiger partial charge is 0.315 e. The number of carbonyl (C=O) groups excluding carboxylic acids is 2. The van der Waals surface area contributed by atoms with Crippen molar-refractivity contribution >= 4 is 17.5 Å². The second-order valence-corrected chi connectivity index (χ2v) is 9.16.